The lowest BCUT2D eigenvalue weighted by atomic mass is 9.93. The van der Waals surface area contributed by atoms with E-state index in [9.17, 15) is 4.79 Å². The minimum atomic E-state index is -0.0616. The molecule has 2 aromatic rings. The van der Waals surface area contributed by atoms with E-state index in [1.807, 2.05) is 13.8 Å². The highest BCUT2D eigenvalue weighted by Crippen LogP contribution is 2.40. The van der Waals surface area contributed by atoms with E-state index in [0.717, 1.165) is 85.9 Å². The third-order valence-corrected chi connectivity index (χ3v) is 6.46. The number of hydrogen-bond acceptors (Lipinski definition) is 5. The van der Waals surface area contributed by atoms with Crippen molar-refractivity contribution in [1.29, 1.82) is 0 Å². The quantitative estimate of drug-likeness (QED) is 0.538. The second-order valence-electron chi connectivity index (χ2n) is 8.60. The number of nitrogens with one attached hydrogen (secondary N) is 1. The van der Waals surface area contributed by atoms with Crippen molar-refractivity contribution >= 4 is 22.4 Å². The fourth-order valence-electron chi connectivity index (χ4n) is 4.76. The van der Waals surface area contributed by atoms with Crippen molar-refractivity contribution in [3.05, 3.63) is 34.6 Å². The van der Waals surface area contributed by atoms with Gasteiger partial charge in [0.2, 0.25) is 5.91 Å². The molecule has 1 N–H and O–H groups in total. The van der Waals surface area contributed by atoms with E-state index >= 15 is 0 Å². The molecule has 0 unspecified atom stereocenters. The maximum absolute atomic E-state index is 12.5. The highest BCUT2D eigenvalue weighted by Gasteiger charge is 2.23. The molecule has 31 heavy (non-hydrogen) atoms. The Morgan fingerprint density at radius 3 is 2.81 bits per heavy atom. The van der Waals surface area contributed by atoms with Gasteiger partial charge < -0.3 is 19.2 Å². The largest absolute Gasteiger partial charge is 0.496 e. The number of aryl methyl sites for hydroxylation is 3. The van der Waals surface area contributed by atoms with Gasteiger partial charge in [0.1, 0.15) is 17.1 Å². The van der Waals surface area contributed by atoms with Crippen molar-refractivity contribution in [2.45, 2.75) is 46.0 Å². The van der Waals surface area contributed by atoms with Crippen LogP contribution in [0.15, 0.2) is 16.6 Å². The number of allylic oxidation sites excluding steroid dienone is 1. The minimum absolute atomic E-state index is 0.0616. The maximum Gasteiger partial charge on any atom is 0.244 e. The predicted octanol–water partition coefficient (Wildman–Crippen LogP) is 3.87. The number of methoxy groups -OCH3 is 1. The average molecular weight is 427 g/mol. The van der Waals surface area contributed by atoms with Crippen LogP contribution >= 0.6 is 0 Å². The molecular weight excluding hydrogens is 392 g/mol. The van der Waals surface area contributed by atoms with E-state index in [1.54, 1.807) is 13.2 Å². The van der Waals surface area contributed by atoms with Gasteiger partial charge in [0, 0.05) is 54.2 Å². The van der Waals surface area contributed by atoms with Gasteiger partial charge in [-0.15, -0.1) is 0 Å². The number of hydrogen-bond donors (Lipinski definition) is 1. The molecule has 1 aromatic heterocycles. The number of fused-ring (bicyclic) bond motifs is 3. The van der Waals surface area contributed by atoms with Crippen molar-refractivity contribution < 1.29 is 18.7 Å². The summed E-state index contributed by atoms with van der Waals surface area (Å²) in [6, 6.07) is 2.15. The summed E-state index contributed by atoms with van der Waals surface area (Å²) in [7, 11) is 1.68. The van der Waals surface area contributed by atoms with E-state index < -0.39 is 0 Å². The van der Waals surface area contributed by atoms with E-state index in [0.29, 0.717) is 6.54 Å². The van der Waals surface area contributed by atoms with Crippen molar-refractivity contribution in [3.8, 4) is 5.75 Å². The third kappa shape index (κ3) is 4.80. The molecule has 6 heteroatoms. The fourth-order valence-corrected chi connectivity index (χ4v) is 4.76. The highest BCUT2D eigenvalue weighted by atomic mass is 16.5. The number of carbonyl (C=O) groups is 1. The lowest BCUT2D eigenvalue weighted by molar-refractivity contribution is -0.116. The normalized spacial score (nSPS) is 17.6. The average Bonchev–Trinajstić information content (AvgIpc) is 3.16. The molecule has 1 aliphatic heterocycles. The van der Waals surface area contributed by atoms with Gasteiger partial charge in [0.05, 0.1) is 20.3 Å². The number of carbonyl (C=O) groups excluding carboxylic acids is 1. The Morgan fingerprint density at radius 2 is 2.03 bits per heavy atom. The molecule has 1 fully saturated rings. The van der Waals surface area contributed by atoms with E-state index in [2.05, 4.69) is 16.3 Å². The lowest BCUT2D eigenvalue weighted by Gasteiger charge is -2.26. The summed E-state index contributed by atoms with van der Waals surface area (Å²) in [5, 5.41) is 4.19. The molecule has 0 atom stereocenters. The molecular formula is C25H34N2O4. The second-order valence-corrected chi connectivity index (χ2v) is 8.60. The first kappa shape index (κ1) is 21.9. The third-order valence-electron chi connectivity index (χ3n) is 6.46. The van der Waals surface area contributed by atoms with Gasteiger partial charge >= 0.3 is 0 Å². The van der Waals surface area contributed by atoms with Crippen LogP contribution in [0.2, 0.25) is 0 Å². The van der Waals surface area contributed by atoms with Crippen LogP contribution in [0.1, 0.15) is 48.6 Å². The molecule has 2 aliphatic rings. The SMILES string of the molecule is COc1c(/C(C)=C/C(=O)NCCCN2CCOCC2)cc2c3c(oc2c1C)CCCC3. The zero-order chi connectivity index (χ0) is 21.8. The standard InChI is InChI=1S/C25H34N2O4/c1-17(15-23(28)26-9-6-10-27-11-13-30-14-12-27)20-16-21-19-7-4-5-8-22(19)31-25(21)18(2)24(20)29-3/h15-16H,4-14H2,1-3H3,(H,26,28)/b17-15+. The van der Waals surface area contributed by atoms with Crippen LogP contribution in [0.5, 0.6) is 5.75 Å². The molecule has 0 radical (unpaired) electrons. The fraction of sp³-hybridized carbons (Fsp3) is 0.560. The molecule has 1 aromatic carbocycles. The summed E-state index contributed by atoms with van der Waals surface area (Å²) in [5.41, 5.74) is 5.12. The minimum Gasteiger partial charge on any atom is -0.496 e. The molecule has 1 amide bonds. The second kappa shape index (κ2) is 9.88. The van der Waals surface area contributed by atoms with E-state index in [-0.39, 0.29) is 5.91 Å². The van der Waals surface area contributed by atoms with Gasteiger partial charge in [-0.2, -0.15) is 0 Å². The zero-order valence-electron chi connectivity index (χ0n) is 19.0. The summed E-state index contributed by atoms with van der Waals surface area (Å²) in [6.07, 6.45) is 7.06. The molecule has 0 saturated carbocycles. The molecule has 0 spiro atoms. The Morgan fingerprint density at radius 1 is 1.26 bits per heavy atom. The van der Waals surface area contributed by atoms with Crippen LogP contribution in [0, 0.1) is 6.92 Å². The van der Waals surface area contributed by atoms with Crippen LogP contribution in [-0.2, 0) is 22.4 Å². The first-order chi connectivity index (χ1) is 15.1. The van der Waals surface area contributed by atoms with E-state index in [1.165, 1.54) is 23.8 Å². The Kier molecular flexibility index (Phi) is 6.98. The number of furan rings is 1. The molecule has 1 saturated heterocycles. The number of morpholine rings is 1. The van der Waals surface area contributed by atoms with Crippen molar-refractivity contribution in [3.63, 3.8) is 0 Å². The van der Waals surface area contributed by atoms with Crippen LogP contribution < -0.4 is 10.1 Å². The predicted molar refractivity (Wildman–Crippen MR) is 123 cm³/mol. The monoisotopic (exact) mass is 426 g/mol. The number of rotatable bonds is 7. The van der Waals surface area contributed by atoms with Gasteiger partial charge in [-0.3, -0.25) is 9.69 Å². The summed E-state index contributed by atoms with van der Waals surface area (Å²) in [4.78, 5) is 14.9. The number of nitrogens with zero attached hydrogens (tertiary/aromatic N) is 1. The molecule has 4 rings (SSSR count). The molecule has 168 valence electrons. The number of ether oxygens (including phenoxy) is 2. The summed E-state index contributed by atoms with van der Waals surface area (Å²) < 4.78 is 17.3. The smallest absolute Gasteiger partial charge is 0.244 e. The Hall–Kier alpha value is -2.31. The molecule has 0 bridgehead atoms. The topological polar surface area (TPSA) is 63.9 Å². The lowest BCUT2D eigenvalue weighted by Crippen LogP contribution is -2.38. The summed E-state index contributed by atoms with van der Waals surface area (Å²) in [6.45, 7) is 9.24. The Balaban J connectivity index is 1.47. The summed E-state index contributed by atoms with van der Waals surface area (Å²) >= 11 is 0. The van der Waals surface area contributed by atoms with Gasteiger partial charge in [-0.25, -0.2) is 0 Å². The van der Waals surface area contributed by atoms with Crippen molar-refractivity contribution in [2.75, 3.05) is 46.5 Å². The molecule has 2 heterocycles. The number of amides is 1. The van der Waals surface area contributed by atoms with Gasteiger partial charge in [0.25, 0.3) is 0 Å². The first-order valence-electron chi connectivity index (χ1n) is 11.5. The van der Waals surface area contributed by atoms with Gasteiger partial charge in [-0.1, -0.05) is 0 Å². The van der Waals surface area contributed by atoms with Gasteiger partial charge in [-0.05, 0) is 57.7 Å². The highest BCUT2D eigenvalue weighted by molar-refractivity contribution is 5.98. The summed E-state index contributed by atoms with van der Waals surface area (Å²) in [5.74, 6) is 1.84. The molecule has 6 nitrogen and oxygen atoms in total. The van der Waals surface area contributed by atoms with Crippen LogP contribution in [0.4, 0.5) is 0 Å². The van der Waals surface area contributed by atoms with Crippen molar-refractivity contribution in [1.82, 2.24) is 10.2 Å². The van der Waals surface area contributed by atoms with Crippen LogP contribution in [0.25, 0.3) is 16.5 Å². The van der Waals surface area contributed by atoms with Crippen molar-refractivity contribution in [2.24, 2.45) is 0 Å². The Bertz CT molecular complexity index is 970. The van der Waals surface area contributed by atoms with Crippen LogP contribution in [-0.4, -0.2) is 57.3 Å². The van der Waals surface area contributed by atoms with Crippen LogP contribution in [0.3, 0.4) is 0 Å². The maximum atomic E-state index is 12.5. The van der Waals surface area contributed by atoms with Gasteiger partial charge in [0.15, 0.2) is 0 Å². The zero-order valence-corrected chi connectivity index (χ0v) is 19.0. The van der Waals surface area contributed by atoms with E-state index in [4.69, 9.17) is 13.9 Å². The Labute approximate surface area is 184 Å². The number of benzene rings is 1. The first-order valence-corrected chi connectivity index (χ1v) is 11.5. The molecule has 1 aliphatic carbocycles.